The van der Waals surface area contributed by atoms with E-state index in [9.17, 15) is 9.59 Å². The molecule has 0 saturated heterocycles. The number of likely N-dealkylation sites (N-methyl/N-ethyl adjacent to an activating group) is 1. The molecule has 0 unspecified atom stereocenters. The van der Waals surface area contributed by atoms with Gasteiger partial charge in [0.2, 0.25) is 11.8 Å². The first kappa shape index (κ1) is 21.7. The zero-order chi connectivity index (χ0) is 21.5. The number of hydrogen-bond donors (Lipinski definition) is 1. The summed E-state index contributed by atoms with van der Waals surface area (Å²) in [5.41, 5.74) is 1.27. The molecular weight excluding hydrogens is 426 g/mol. The molecule has 0 spiro atoms. The van der Waals surface area contributed by atoms with Gasteiger partial charge in [-0.2, -0.15) is 0 Å². The maximum absolute atomic E-state index is 12.5. The van der Waals surface area contributed by atoms with Crippen LogP contribution in [0.3, 0.4) is 0 Å². The van der Waals surface area contributed by atoms with E-state index < -0.39 is 0 Å². The van der Waals surface area contributed by atoms with E-state index in [2.05, 4.69) is 15.5 Å². The van der Waals surface area contributed by atoms with Gasteiger partial charge in [0.15, 0.2) is 5.16 Å². The molecule has 0 aliphatic rings. The molecule has 0 aliphatic heterocycles. The van der Waals surface area contributed by atoms with Crippen LogP contribution in [0.1, 0.15) is 0 Å². The molecule has 1 heterocycles. The Balaban J connectivity index is 1.58. The molecule has 0 fully saturated rings. The van der Waals surface area contributed by atoms with Crippen LogP contribution in [0.4, 0.5) is 5.69 Å². The molecule has 3 aromatic rings. The summed E-state index contributed by atoms with van der Waals surface area (Å²) in [4.78, 5) is 26.0. The number of hydrogen-bond acceptors (Lipinski definition) is 6. The van der Waals surface area contributed by atoms with Gasteiger partial charge < -0.3 is 15.0 Å². The minimum Gasteiger partial charge on any atom is -0.495 e. The molecular formula is C20H20ClN5O3S. The van der Waals surface area contributed by atoms with Gasteiger partial charge in [0, 0.05) is 7.05 Å². The third-order valence-electron chi connectivity index (χ3n) is 4.14. The second-order valence-corrected chi connectivity index (χ2v) is 7.57. The SMILES string of the molecule is COc1ccccc1-n1cnnc1SCC(=O)N(C)CC(=O)Nc1ccccc1Cl. The number of nitrogens with one attached hydrogen (secondary N) is 1. The number of ether oxygens (including phenoxy) is 1. The topological polar surface area (TPSA) is 89.3 Å². The summed E-state index contributed by atoms with van der Waals surface area (Å²) in [6.07, 6.45) is 1.56. The molecule has 0 aliphatic carbocycles. The van der Waals surface area contributed by atoms with E-state index in [0.29, 0.717) is 21.6 Å². The fraction of sp³-hybridized carbons (Fsp3) is 0.200. The van der Waals surface area contributed by atoms with Gasteiger partial charge in [-0.3, -0.25) is 14.2 Å². The van der Waals surface area contributed by atoms with Crippen LogP contribution in [0, 0.1) is 0 Å². The maximum Gasteiger partial charge on any atom is 0.244 e. The van der Waals surface area contributed by atoms with E-state index in [1.807, 2.05) is 24.3 Å². The number of methoxy groups -OCH3 is 1. The number of anilines is 1. The minimum absolute atomic E-state index is 0.0934. The molecule has 0 bridgehead atoms. The smallest absolute Gasteiger partial charge is 0.244 e. The molecule has 156 valence electrons. The van der Waals surface area contributed by atoms with E-state index in [1.165, 1.54) is 16.7 Å². The van der Waals surface area contributed by atoms with Crippen molar-refractivity contribution in [2.75, 3.05) is 31.8 Å². The van der Waals surface area contributed by atoms with Crippen LogP contribution in [-0.2, 0) is 9.59 Å². The van der Waals surface area contributed by atoms with Gasteiger partial charge in [0.05, 0.1) is 35.8 Å². The Kier molecular flexibility index (Phi) is 7.31. The maximum atomic E-state index is 12.5. The Morgan fingerprint density at radius 3 is 2.70 bits per heavy atom. The van der Waals surface area contributed by atoms with Gasteiger partial charge >= 0.3 is 0 Å². The van der Waals surface area contributed by atoms with Crippen molar-refractivity contribution in [3.63, 3.8) is 0 Å². The largest absolute Gasteiger partial charge is 0.495 e. The van der Waals surface area contributed by atoms with Crippen molar-refractivity contribution in [3.05, 3.63) is 59.9 Å². The number of halogens is 1. The average molecular weight is 446 g/mol. The summed E-state index contributed by atoms with van der Waals surface area (Å²) in [6, 6.07) is 14.4. The lowest BCUT2D eigenvalue weighted by Gasteiger charge is -2.17. The van der Waals surface area contributed by atoms with Gasteiger partial charge in [-0.15, -0.1) is 10.2 Å². The molecule has 10 heteroatoms. The lowest BCUT2D eigenvalue weighted by Crippen LogP contribution is -2.36. The lowest BCUT2D eigenvalue weighted by molar-refractivity contribution is -0.131. The van der Waals surface area contributed by atoms with E-state index in [4.69, 9.17) is 16.3 Å². The van der Waals surface area contributed by atoms with E-state index in [-0.39, 0.29) is 24.1 Å². The highest BCUT2D eigenvalue weighted by Gasteiger charge is 2.17. The molecule has 0 atom stereocenters. The van der Waals surface area contributed by atoms with Crippen LogP contribution in [0.15, 0.2) is 60.0 Å². The van der Waals surface area contributed by atoms with E-state index >= 15 is 0 Å². The number of carbonyl (C=O) groups excluding carboxylic acids is 2. The lowest BCUT2D eigenvalue weighted by atomic mass is 10.3. The zero-order valence-electron chi connectivity index (χ0n) is 16.4. The average Bonchev–Trinajstić information content (AvgIpc) is 3.22. The van der Waals surface area contributed by atoms with E-state index in [1.54, 1.807) is 49.3 Å². The van der Waals surface area contributed by atoms with Crippen molar-refractivity contribution < 1.29 is 14.3 Å². The van der Waals surface area contributed by atoms with Crippen LogP contribution >= 0.6 is 23.4 Å². The highest BCUT2D eigenvalue weighted by atomic mass is 35.5. The monoisotopic (exact) mass is 445 g/mol. The number of rotatable bonds is 8. The van der Waals surface area contributed by atoms with E-state index in [0.717, 1.165) is 5.69 Å². The van der Waals surface area contributed by atoms with Gasteiger partial charge in [-0.05, 0) is 24.3 Å². The zero-order valence-corrected chi connectivity index (χ0v) is 18.0. The number of thioether (sulfide) groups is 1. The van der Waals surface area contributed by atoms with Crippen molar-refractivity contribution >= 4 is 40.9 Å². The van der Waals surface area contributed by atoms with Crippen LogP contribution in [-0.4, -0.2) is 57.9 Å². The molecule has 0 radical (unpaired) electrons. The molecule has 2 amide bonds. The molecule has 3 rings (SSSR count). The molecule has 1 aromatic heterocycles. The Bertz CT molecular complexity index is 1040. The van der Waals surface area contributed by atoms with Gasteiger partial charge in [-0.25, -0.2) is 0 Å². The first-order valence-electron chi connectivity index (χ1n) is 8.94. The van der Waals surface area contributed by atoms with Gasteiger partial charge in [0.1, 0.15) is 12.1 Å². The molecule has 30 heavy (non-hydrogen) atoms. The van der Waals surface area contributed by atoms with Crippen LogP contribution in [0.25, 0.3) is 5.69 Å². The number of nitrogens with zero attached hydrogens (tertiary/aromatic N) is 4. The number of benzene rings is 2. The van der Waals surface area contributed by atoms with Crippen LogP contribution < -0.4 is 10.1 Å². The predicted molar refractivity (Wildman–Crippen MR) is 116 cm³/mol. The summed E-state index contributed by atoms with van der Waals surface area (Å²) < 4.78 is 7.13. The van der Waals surface area contributed by atoms with Crippen molar-refractivity contribution in [1.82, 2.24) is 19.7 Å². The van der Waals surface area contributed by atoms with Gasteiger partial charge in [-0.1, -0.05) is 47.6 Å². The summed E-state index contributed by atoms with van der Waals surface area (Å²) in [5, 5.41) is 11.7. The summed E-state index contributed by atoms with van der Waals surface area (Å²) in [6.45, 7) is -0.0934. The fourth-order valence-electron chi connectivity index (χ4n) is 2.61. The summed E-state index contributed by atoms with van der Waals surface area (Å²) >= 11 is 7.27. The number of carbonyl (C=O) groups is 2. The Labute approximate surface area is 183 Å². The van der Waals surface area contributed by atoms with Gasteiger partial charge in [0.25, 0.3) is 0 Å². The molecule has 0 saturated carbocycles. The molecule has 8 nitrogen and oxygen atoms in total. The third-order valence-corrected chi connectivity index (χ3v) is 5.40. The quantitative estimate of drug-likeness (QED) is 0.536. The normalized spacial score (nSPS) is 10.5. The third kappa shape index (κ3) is 5.31. The Morgan fingerprint density at radius 2 is 1.93 bits per heavy atom. The highest BCUT2D eigenvalue weighted by Crippen LogP contribution is 2.26. The number of aromatic nitrogens is 3. The molecule has 2 aromatic carbocycles. The molecule has 1 N–H and O–H groups in total. The highest BCUT2D eigenvalue weighted by molar-refractivity contribution is 7.99. The second kappa shape index (κ2) is 10.1. The van der Waals surface area contributed by atoms with Crippen molar-refractivity contribution in [3.8, 4) is 11.4 Å². The predicted octanol–water partition coefficient (Wildman–Crippen LogP) is 3.12. The van der Waals surface area contributed by atoms with Crippen molar-refractivity contribution in [1.29, 1.82) is 0 Å². The first-order valence-corrected chi connectivity index (χ1v) is 10.3. The Morgan fingerprint density at radius 1 is 1.20 bits per heavy atom. The van der Waals surface area contributed by atoms with Crippen molar-refractivity contribution in [2.45, 2.75) is 5.16 Å². The van der Waals surface area contributed by atoms with Crippen LogP contribution in [0.5, 0.6) is 5.75 Å². The second-order valence-electron chi connectivity index (χ2n) is 6.22. The fourth-order valence-corrected chi connectivity index (χ4v) is 3.65. The Hall–Kier alpha value is -3.04. The minimum atomic E-state index is -0.332. The first-order chi connectivity index (χ1) is 14.5. The van der Waals surface area contributed by atoms with Crippen molar-refractivity contribution in [2.24, 2.45) is 0 Å². The standard InChI is InChI=1S/C20H20ClN5O3S/c1-25(11-18(27)23-15-8-4-3-7-14(15)21)19(28)12-30-20-24-22-13-26(20)16-9-5-6-10-17(16)29-2/h3-10,13H,11-12H2,1-2H3,(H,23,27). The van der Waals surface area contributed by atoms with Crippen LogP contribution in [0.2, 0.25) is 5.02 Å². The summed E-state index contributed by atoms with van der Waals surface area (Å²) in [7, 11) is 3.15. The number of para-hydroxylation sites is 3. The number of amides is 2. The summed E-state index contributed by atoms with van der Waals surface area (Å²) in [5.74, 6) is 0.216.